The fourth-order valence-electron chi connectivity index (χ4n) is 3.40. The largest absolute Gasteiger partial charge is 0.351 e. The average molecular weight is 333 g/mol. The summed E-state index contributed by atoms with van der Waals surface area (Å²) in [5, 5.41) is 4.46. The quantitative estimate of drug-likeness (QED) is 0.828. The molecule has 4 rings (SSSR count). The molecule has 2 aromatic rings. The van der Waals surface area contributed by atoms with Crippen molar-refractivity contribution >= 4 is 34.3 Å². The van der Waals surface area contributed by atoms with Gasteiger partial charge in [0, 0.05) is 15.9 Å². The van der Waals surface area contributed by atoms with Crippen LogP contribution in [0.3, 0.4) is 0 Å². The van der Waals surface area contributed by atoms with E-state index in [0.29, 0.717) is 30.5 Å². The number of amides is 2. The molecule has 0 unspecified atom stereocenters. The maximum absolute atomic E-state index is 12.7. The van der Waals surface area contributed by atoms with E-state index in [2.05, 4.69) is 10.3 Å². The summed E-state index contributed by atoms with van der Waals surface area (Å²) in [6.07, 6.45) is 0. The van der Waals surface area contributed by atoms with E-state index < -0.39 is 5.54 Å². The van der Waals surface area contributed by atoms with E-state index in [1.54, 1.807) is 4.90 Å². The first-order valence-electron chi connectivity index (χ1n) is 7.49. The molecule has 0 radical (unpaired) electrons. The number of nitrogens with zero attached hydrogens (tertiary/aromatic N) is 2. The van der Waals surface area contributed by atoms with E-state index in [0.717, 1.165) is 16.5 Å². The summed E-state index contributed by atoms with van der Waals surface area (Å²) in [7, 11) is 1.90. The van der Waals surface area contributed by atoms with Crippen molar-refractivity contribution in [3.8, 4) is 0 Å². The molecule has 7 heteroatoms. The zero-order valence-corrected chi connectivity index (χ0v) is 13.7. The lowest BCUT2D eigenvalue weighted by molar-refractivity contribution is -0.133. The number of halogens is 1. The molecule has 1 aromatic heterocycles. The smallest absolute Gasteiger partial charge is 0.270 e. The van der Waals surface area contributed by atoms with Crippen LogP contribution in [-0.2, 0) is 4.79 Å². The molecule has 0 atom stereocenters. The third-order valence-corrected chi connectivity index (χ3v) is 5.47. The molecule has 0 aliphatic carbocycles. The Balaban J connectivity index is 1.59. The van der Waals surface area contributed by atoms with Crippen molar-refractivity contribution in [2.45, 2.75) is 12.5 Å². The van der Waals surface area contributed by atoms with Crippen molar-refractivity contribution in [3.05, 3.63) is 34.5 Å². The van der Waals surface area contributed by atoms with Gasteiger partial charge in [-0.15, -0.1) is 0 Å². The average Bonchev–Trinajstić information content (AvgIpc) is 3.04. The molecule has 2 fully saturated rings. The van der Waals surface area contributed by atoms with Gasteiger partial charge in [-0.3, -0.25) is 14.5 Å². The minimum atomic E-state index is -0.555. The Morgan fingerprint density at radius 2 is 2.09 bits per heavy atom. The standard InChI is InChI=1S/C16H17ClN4O2/c1-9-10-5-13(19-12(10)4-3-11(9)17)14(22)21-6-16(7-21)15(23)18-8-20(16)2/h3-5,19H,6-8H2,1-2H3,(H,18,23). The topological polar surface area (TPSA) is 68.4 Å². The Morgan fingerprint density at radius 3 is 2.74 bits per heavy atom. The lowest BCUT2D eigenvalue weighted by atomic mass is 9.88. The molecule has 2 N–H and O–H groups in total. The van der Waals surface area contributed by atoms with E-state index >= 15 is 0 Å². The number of hydrogen-bond donors (Lipinski definition) is 2. The van der Waals surface area contributed by atoms with Crippen LogP contribution >= 0.6 is 11.6 Å². The Kier molecular flexibility index (Phi) is 2.98. The molecular formula is C16H17ClN4O2. The van der Waals surface area contributed by atoms with Crippen LogP contribution in [-0.4, -0.2) is 58.9 Å². The predicted octanol–water partition coefficient (Wildman–Crippen LogP) is 1.34. The fraction of sp³-hybridized carbons (Fsp3) is 0.375. The van der Waals surface area contributed by atoms with Gasteiger partial charge in [0.05, 0.1) is 19.8 Å². The number of nitrogens with one attached hydrogen (secondary N) is 2. The lowest BCUT2D eigenvalue weighted by Gasteiger charge is -2.48. The van der Waals surface area contributed by atoms with E-state index in [4.69, 9.17) is 11.6 Å². The molecule has 1 spiro atoms. The van der Waals surface area contributed by atoms with E-state index in [9.17, 15) is 9.59 Å². The first kappa shape index (κ1) is 14.5. The number of H-pyrrole nitrogens is 1. The van der Waals surface area contributed by atoms with Gasteiger partial charge in [0.2, 0.25) is 5.91 Å². The molecule has 6 nitrogen and oxygen atoms in total. The van der Waals surface area contributed by atoms with E-state index in [1.807, 2.05) is 37.1 Å². The SMILES string of the molecule is Cc1c(Cl)ccc2[nH]c(C(=O)N3CC4(C3)C(=O)NCN4C)cc12. The van der Waals surface area contributed by atoms with Gasteiger partial charge >= 0.3 is 0 Å². The third-order valence-electron chi connectivity index (χ3n) is 5.06. The maximum atomic E-state index is 12.7. The highest BCUT2D eigenvalue weighted by Gasteiger charge is 2.57. The summed E-state index contributed by atoms with van der Waals surface area (Å²) in [5.74, 6) is -0.0845. The monoisotopic (exact) mass is 332 g/mol. The fourth-order valence-corrected chi connectivity index (χ4v) is 3.57. The number of likely N-dealkylation sites (N-methyl/N-ethyl adjacent to an activating group) is 1. The number of carbonyl (C=O) groups excluding carboxylic acids is 2. The molecular weight excluding hydrogens is 316 g/mol. The minimum Gasteiger partial charge on any atom is -0.351 e. The molecule has 3 heterocycles. The van der Waals surface area contributed by atoms with Crippen molar-refractivity contribution < 1.29 is 9.59 Å². The second-order valence-corrected chi connectivity index (χ2v) is 6.78. The van der Waals surface area contributed by atoms with Crippen LogP contribution in [0.4, 0.5) is 0 Å². The van der Waals surface area contributed by atoms with Crippen molar-refractivity contribution in [1.29, 1.82) is 0 Å². The number of aromatic amines is 1. The van der Waals surface area contributed by atoms with E-state index in [-0.39, 0.29) is 11.8 Å². The highest BCUT2D eigenvalue weighted by molar-refractivity contribution is 6.32. The zero-order chi connectivity index (χ0) is 16.4. The first-order valence-corrected chi connectivity index (χ1v) is 7.87. The molecule has 1 aromatic carbocycles. The van der Waals surface area contributed by atoms with Crippen LogP contribution in [0.5, 0.6) is 0 Å². The van der Waals surface area contributed by atoms with Crippen molar-refractivity contribution in [1.82, 2.24) is 20.1 Å². The van der Waals surface area contributed by atoms with Crippen LogP contribution in [0.15, 0.2) is 18.2 Å². The number of benzene rings is 1. The Hall–Kier alpha value is -2.05. The number of carbonyl (C=O) groups is 2. The number of likely N-dealkylation sites (tertiary alicyclic amines) is 1. The van der Waals surface area contributed by atoms with Gasteiger partial charge in [0.15, 0.2) is 0 Å². The van der Waals surface area contributed by atoms with Crippen molar-refractivity contribution in [3.63, 3.8) is 0 Å². The van der Waals surface area contributed by atoms with E-state index in [1.165, 1.54) is 0 Å². The number of aryl methyl sites for hydroxylation is 1. The molecule has 2 amide bonds. The summed E-state index contributed by atoms with van der Waals surface area (Å²) in [4.78, 5) is 31.5. The summed E-state index contributed by atoms with van der Waals surface area (Å²) in [6.45, 7) is 3.31. The second kappa shape index (κ2) is 4.72. The second-order valence-electron chi connectivity index (χ2n) is 6.37. The van der Waals surface area contributed by atoms with Gasteiger partial charge < -0.3 is 15.2 Å². The van der Waals surface area contributed by atoms with Crippen molar-refractivity contribution in [2.75, 3.05) is 26.8 Å². The number of fused-ring (bicyclic) bond motifs is 1. The summed E-state index contributed by atoms with van der Waals surface area (Å²) in [6, 6.07) is 5.53. The third kappa shape index (κ3) is 1.91. The Labute approximate surface area is 138 Å². The molecule has 23 heavy (non-hydrogen) atoms. The number of hydrogen-bond acceptors (Lipinski definition) is 3. The molecule has 120 valence electrons. The van der Waals surface area contributed by atoms with Gasteiger partial charge in [-0.05, 0) is 37.7 Å². The Bertz CT molecular complexity index is 838. The number of rotatable bonds is 1. The highest BCUT2D eigenvalue weighted by atomic mass is 35.5. The summed E-state index contributed by atoms with van der Waals surface area (Å²) >= 11 is 6.13. The number of aromatic nitrogens is 1. The van der Waals surface area contributed by atoms with Crippen LogP contribution in [0.2, 0.25) is 5.02 Å². The Morgan fingerprint density at radius 1 is 1.35 bits per heavy atom. The van der Waals surface area contributed by atoms with Crippen LogP contribution in [0.1, 0.15) is 16.1 Å². The van der Waals surface area contributed by atoms with Gasteiger partial charge in [0.1, 0.15) is 11.2 Å². The normalized spacial score (nSPS) is 20.1. The van der Waals surface area contributed by atoms with Gasteiger partial charge in [-0.25, -0.2) is 0 Å². The highest BCUT2D eigenvalue weighted by Crippen LogP contribution is 2.32. The molecule has 2 saturated heterocycles. The van der Waals surface area contributed by atoms with Crippen LogP contribution in [0.25, 0.3) is 10.9 Å². The zero-order valence-electron chi connectivity index (χ0n) is 12.9. The van der Waals surface area contributed by atoms with Crippen LogP contribution < -0.4 is 5.32 Å². The summed E-state index contributed by atoms with van der Waals surface area (Å²) in [5.41, 5.74) is 1.82. The molecule has 0 bridgehead atoms. The van der Waals surface area contributed by atoms with Crippen molar-refractivity contribution in [2.24, 2.45) is 0 Å². The molecule has 2 aliphatic heterocycles. The molecule has 0 saturated carbocycles. The predicted molar refractivity (Wildman–Crippen MR) is 87.5 cm³/mol. The lowest BCUT2D eigenvalue weighted by Crippen LogP contribution is -2.71. The molecule has 2 aliphatic rings. The van der Waals surface area contributed by atoms with Gasteiger partial charge in [0.25, 0.3) is 5.91 Å². The maximum Gasteiger partial charge on any atom is 0.270 e. The van der Waals surface area contributed by atoms with Gasteiger partial charge in [-0.2, -0.15) is 0 Å². The minimum absolute atomic E-state index is 0.00308. The van der Waals surface area contributed by atoms with Gasteiger partial charge in [-0.1, -0.05) is 11.6 Å². The summed E-state index contributed by atoms with van der Waals surface area (Å²) < 4.78 is 0. The first-order chi connectivity index (χ1) is 10.9. The van der Waals surface area contributed by atoms with Crippen LogP contribution in [0, 0.1) is 6.92 Å².